The van der Waals surface area contributed by atoms with E-state index in [1.165, 1.54) is 0 Å². The summed E-state index contributed by atoms with van der Waals surface area (Å²) in [7, 11) is 0. The minimum atomic E-state index is -0.639. The zero-order valence-electron chi connectivity index (χ0n) is 14.5. The van der Waals surface area contributed by atoms with Gasteiger partial charge >= 0.3 is 6.03 Å². The molecule has 0 aliphatic heterocycles. The van der Waals surface area contributed by atoms with Crippen LogP contribution in [0.2, 0.25) is 0 Å². The van der Waals surface area contributed by atoms with Crippen LogP contribution in [0.5, 0.6) is 0 Å². The van der Waals surface area contributed by atoms with Gasteiger partial charge in [-0.15, -0.1) is 0 Å². The van der Waals surface area contributed by atoms with E-state index in [9.17, 15) is 14.4 Å². The van der Waals surface area contributed by atoms with Gasteiger partial charge < -0.3 is 27.0 Å². The third kappa shape index (κ3) is 6.42. The van der Waals surface area contributed by atoms with Crippen LogP contribution in [-0.2, 0) is 9.59 Å². The van der Waals surface area contributed by atoms with Crippen molar-refractivity contribution in [2.45, 2.75) is 38.8 Å². The van der Waals surface area contributed by atoms with Gasteiger partial charge in [0.1, 0.15) is 0 Å². The van der Waals surface area contributed by atoms with Crippen LogP contribution in [0.4, 0.5) is 16.2 Å². The van der Waals surface area contributed by atoms with Crippen molar-refractivity contribution in [1.29, 1.82) is 0 Å². The molecule has 2 rings (SSSR count). The highest BCUT2D eigenvalue weighted by Crippen LogP contribution is 2.19. The standard InChI is InChI=1S/C17H25N5O3/c1-10(2)15(18)16(24)19-9-14(23)20-11-3-5-12(6-4-11)21-17(25)22-13-7-8-13/h3-6,10,13,15H,7-9,18H2,1-2H3,(H,19,24)(H,20,23)(H2,21,22,25)/t15-/m0/s1. The van der Waals surface area contributed by atoms with Crippen molar-refractivity contribution in [2.24, 2.45) is 11.7 Å². The molecule has 1 aliphatic carbocycles. The molecule has 0 bridgehead atoms. The highest BCUT2D eigenvalue weighted by Gasteiger charge is 2.23. The number of nitrogens with two attached hydrogens (primary N) is 1. The summed E-state index contributed by atoms with van der Waals surface area (Å²) in [6.45, 7) is 3.53. The predicted octanol–water partition coefficient (Wildman–Crippen LogP) is 1.01. The van der Waals surface area contributed by atoms with Gasteiger partial charge in [0, 0.05) is 17.4 Å². The number of hydrogen-bond donors (Lipinski definition) is 5. The normalized spacial score (nSPS) is 14.6. The molecule has 4 amide bonds. The Balaban J connectivity index is 1.75. The summed E-state index contributed by atoms with van der Waals surface area (Å²) in [5.74, 6) is -0.705. The zero-order valence-corrected chi connectivity index (χ0v) is 14.5. The van der Waals surface area contributed by atoms with E-state index < -0.39 is 6.04 Å². The number of urea groups is 1. The van der Waals surface area contributed by atoms with Crippen LogP contribution in [0.15, 0.2) is 24.3 Å². The average Bonchev–Trinajstić information content (AvgIpc) is 3.37. The van der Waals surface area contributed by atoms with Gasteiger partial charge in [0.05, 0.1) is 12.6 Å². The van der Waals surface area contributed by atoms with E-state index in [0.29, 0.717) is 11.4 Å². The summed E-state index contributed by atoms with van der Waals surface area (Å²) in [6, 6.07) is 6.14. The van der Waals surface area contributed by atoms with E-state index in [2.05, 4.69) is 21.3 Å². The first-order valence-electron chi connectivity index (χ1n) is 8.36. The number of rotatable bonds is 7. The predicted molar refractivity (Wildman–Crippen MR) is 96.1 cm³/mol. The Morgan fingerprint density at radius 1 is 1.08 bits per heavy atom. The third-order valence-electron chi connectivity index (χ3n) is 3.78. The van der Waals surface area contributed by atoms with Gasteiger partial charge in [0.15, 0.2) is 0 Å². The third-order valence-corrected chi connectivity index (χ3v) is 3.78. The molecule has 0 radical (unpaired) electrons. The van der Waals surface area contributed by atoms with Crippen LogP contribution in [0, 0.1) is 5.92 Å². The number of amides is 4. The second-order valence-corrected chi connectivity index (χ2v) is 6.49. The number of hydrogen-bond acceptors (Lipinski definition) is 4. The first-order chi connectivity index (χ1) is 11.8. The van der Waals surface area contributed by atoms with E-state index in [1.54, 1.807) is 24.3 Å². The Bertz CT molecular complexity index is 626. The van der Waals surface area contributed by atoms with E-state index in [-0.39, 0.29) is 36.3 Å². The summed E-state index contributed by atoms with van der Waals surface area (Å²) in [5.41, 5.74) is 6.91. The summed E-state index contributed by atoms with van der Waals surface area (Å²) >= 11 is 0. The molecule has 0 saturated heterocycles. The molecule has 0 spiro atoms. The Hall–Kier alpha value is -2.61. The molecule has 25 heavy (non-hydrogen) atoms. The molecule has 1 fully saturated rings. The second kappa shape index (κ2) is 8.48. The Morgan fingerprint density at radius 3 is 2.16 bits per heavy atom. The molecular formula is C17H25N5O3. The number of carbonyl (C=O) groups excluding carboxylic acids is 3. The summed E-state index contributed by atoms with van der Waals surface area (Å²) in [6.07, 6.45) is 2.05. The van der Waals surface area contributed by atoms with Gasteiger partial charge in [0.2, 0.25) is 11.8 Å². The van der Waals surface area contributed by atoms with Gasteiger partial charge in [-0.25, -0.2) is 4.79 Å². The molecule has 136 valence electrons. The zero-order chi connectivity index (χ0) is 18.4. The first-order valence-corrected chi connectivity index (χ1v) is 8.36. The lowest BCUT2D eigenvalue weighted by molar-refractivity contribution is -0.125. The van der Waals surface area contributed by atoms with E-state index in [1.807, 2.05) is 13.8 Å². The number of benzene rings is 1. The fourth-order valence-electron chi connectivity index (χ4n) is 2.01. The SMILES string of the molecule is CC(C)[C@H](N)C(=O)NCC(=O)Nc1ccc(NC(=O)NC2CC2)cc1. The lowest BCUT2D eigenvalue weighted by Gasteiger charge is -2.15. The van der Waals surface area contributed by atoms with Crippen LogP contribution in [0.3, 0.4) is 0 Å². The van der Waals surface area contributed by atoms with Crippen LogP contribution in [0.1, 0.15) is 26.7 Å². The Labute approximate surface area is 146 Å². The van der Waals surface area contributed by atoms with Gasteiger partial charge in [-0.3, -0.25) is 9.59 Å². The van der Waals surface area contributed by atoms with E-state index in [4.69, 9.17) is 5.73 Å². The summed E-state index contributed by atoms with van der Waals surface area (Å²) < 4.78 is 0. The van der Waals surface area contributed by atoms with E-state index in [0.717, 1.165) is 12.8 Å². The lowest BCUT2D eigenvalue weighted by Crippen LogP contribution is -2.46. The highest BCUT2D eigenvalue weighted by atomic mass is 16.2. The minimum absolute atomic E-state index is 0.000204. The average molecular weight is 347 g/mol. The van der Waals surface area contributed by atoms with Crippen molar-refractivity contribution in [3.05, 3.63) is 24.3 Å². The molecule has 6 N–H and O–H groups in total. The van der Waals surface area contributed by atoms with Crippen LogP contribution in [0.25, 0.3) is 0 Å². The molecule has 8 heteroatoms. The molecule has 1 aliphatic rings. The topological polar surface area (TPSA) is 125 Å². The van der Waals surface area contributed by atoms with Crippen molar-refractivity contribution in [3.63, 3.8) is 0 Å². The molecule has 1 aromatic rings. The fourth-order valence-corrected chi connectivity index (χ4v) is 2.01. The maximum atomic E-state index is 11.9. The number of carbonyl (C=O) groups is 3. The van der Waals surface area contributed by atoms with Gasteiger partial charge in [0.25, 0.3) is 0 Å². The molecule has 0 heterocycles. The van der Waals surface area contributed by atoms with Crippen LogP contribution in [-0.4, -0.2) is 36.5 Å². The quantitative estimate of drug-likeness (QED) is 0.504. The highest BCUT2D eigenvalue weighted by molar-refractivity contribution is 5.95. The number of nitrogens with one attached hydrogen (secondary N) is 4. The smallest absolute Gasteiger partial charge is 0.319 e. The fraction of sp³-hybridized carbons (Fsp3) is 0.471. The van der Waals surface area contributed by atoms with Crippen LogP contribution < -0.4 is 27.0 Å². The molecule has 0 unspecified atom stereocenters. The maximum absolute atomic E-state index is 11.9. The van der Waals surface area contributed by atoms with Crippen molar-refractivity contribution in [3.8, 4) is 0 Å². The van der Waals surface area contributed by atoms with Crippen LogP contribution >= 0.6 is 0 Å². The van der Waals surface area contributed by atoms with Gasteiger partial charge in [-0.05, 0) is 43.0 Å². The molecule has 1 saturated carbocycles. The van der Waals surface area contributed by atoms with Crippen molar-refractivity contribution in [2.75, 3.05) is 17.2 Å². The van der Waals surface area contributed by atoms with Crippen molar-refractivity contribution < 1.29 is 14.4 Å². The molecule has 8 nitrogen and oxygen atoms in total. The van der Waals surface area contributed by atoms with Crippen molar-refractivity contribution in [1.82, 2.24) is 10.6 Å². The van der Waals surface area contributed by atoms with Crippen molar-refractivity contribution >= 4 is 29.2 Å². The molecule has 0 aromatic heterocycles. The second-order valence-electron chi connectivity index (χ2n) is 6.49. The lowest BCUT2D eigenvalue weighted by atomic mass is 10.1. The number of anilines is 2. The Kier molecular flexibility index (Phi) is 6.35. The monoisotopic (exact) mass is 347 g/mol. The Morgan fingerprint density at radius 2 is 1.64 bits per heavy atom. The molecular weight excluding hydrogens is 322 g/mol. The summed E-state index contributed by atoms with van der Waals surface area (Å²) in [5, 5.41) is 10.7. The first kappa shape index (κ1) is 18.7. The largest absolute Gasteiger partial charge is 0.346 e. The van der Waals surface area contributed by atoms with E-state index >= 15 is 0 Å². The molecule has 1 aromatic carbocycles. The van der Waals surface area contributed by atoms with Gasteiger partial charge in [-0.2, -0.15) is 0 Å². The maximum Gasteiger partial charge on any atom is 0.319 e. The minimum Gasteiger partial charge on any atom is -0.346 e. The van der Waals surface area contributed by atoms with Gasteiger partial charge in [-0.1, -0.05) is 13.8 Å². The molecule has 1 atom stereocenters. The summed E-state index contributed by atoms with van der Waals surface area (Å²) in [4.78, 5) is 35.2.